The van der Waals surface area contributed by atoms with Gasteiger partial charge in [0.2, 0.25) is 5.82 Å². The van der Waals surface area contributed by atoms with Gasteiger partial charge >= 0.3 is 6.18 Å². The van der Waals surface area contributed by atoms with Crippen LogP contribution in [0.25, 0.3) is 0 Å². The van der Waals surface area contributed by atoms with Crippen LogP contribution in [0.5, 0.6) is 0 Å². The lowest BCUT2D eigenvalue weighted by atomic mass is 9.80. The maximum absolute atomic E-state index is 13.2. The summed E-state index contributed by atoms with van der Waals surface area (Å²) in [7, 11) is -3.35. The van der Waals surface area contributed by atoms with Crippen molar-refractivity contribution in [3.05, 3.63) is 69.2 Å². The van der Waals surface area contributed by atoms with Crippen LogP contribution in [0, 0.1) is 0 Å². The molecule has 5 heterocycles. The van der Waals surface area contributed by atoms with Gasteiger partial charge in [-0.2, -0.15) is 13.2 Å². The number of thiophene rings is 1. The van der Waals surface area contributed by atoms with Crippen LogP contribution in [0.3, 0.4) is 0 Å². The van der Waals surface area contributed by atoms with E-state index < -0.39 is 33.0 Å². The number of hydrogen-bond acceptors (Lipinski definition) is 9. The van der Waals surface area contributed by atoms with Crippen LogP contribution < -0.4 is 5.32 Å². The Morgan fingerprint density at radius 1 is 1.14 bits per heavy atom. The van der Waals surface area contributed by atoms with Crippen molar-refractivity contribution in [2.75, 3.05) is 18.8 Å². The first-order valence-electron chi connectivity index (χ1n) is 14.0. The molecule has 1 N–H and O–H groups in total. The Morgan fingerprint density at radius 2 is 1.81 bits per heavy atom. The Morgan fingerprint density at radius 3 is 2.40 bits per heavy atom. The molecule has 0 aromatic carbocycles. The summed E-state index contributed by atoms with van der Waals surface area (Å²) < 4.78 is 69.5. The Kier molecular flexibility index (Phi) is 8.44. The van der Waals surface area contributed by atoms with Crippen molar-refractivity contribution in [1.82, 2.24) is 25.2 Å². The van der Waals surface area contributed by atoms with Crippen molar-refractivity contribution < 1.29 is 31.1 Å². The first kappa shape index (κ1) is 31.5. The maximum atomic E-state index is 13.2. The second-order valence-corrected chi connectivity index (χ2v) is 14.9. The second-order valence-electron chi connectivity index (χ2n) is 11.6. The summed E-state index contributed by atoms with van der Waals surface area (Å²) in [5, 5.41) is 2.89. The summed E-state index contributed by atoms with van der Waals surface area (Å²) >= 11 is 1.42. The highest BCUT2D eigenvalue weighted by Crippen LogP contribution is 2.50. The predicted octanol–water partition coefficient (Wildman–Crippen LogP) is 5.08. The van der Waals surface area contributed by atoms with Crippen molar-refractivity contribution in [3.63, 3.8) is 0 Å². The van der Waals surface area contributed by atoms with Gasteiger partial charge in [-0.1, -0.05) is 6.92 Å². The largest absolute Gasteiger partial charge is 0.451 e. The summed E-state index contributed by atoms with van der Waals surface area (Å²) in [6.45, 7) is 9.03. The van der Waals surface area contributed by atoms with Gasteiger partial charge in [0.05, 0.1) is 33.4 Å². The van der Waals surface area contributed by atoms with Gasteiger partial charge in [0.25, 0.3) is 5.91 Å². The van der Waals surface area contributed by atoms with E-state index in [1.54, 1.807) is 13.0 Å². The van der Waals surface area contributed by atoms with E-state index in [9.17, 15) is 26.4 Å². The molecular formula is C29H34F3N5O4S2. The highest BCUT2D eigenvalue weighted by molar-refractivity contribution is 7.91. The van der Waals surface area contributed by atoms with Crippen molar-refractivity contribution in [3.8, 4) is 0 Å². The lowest BCUT2D eigenvalue weighted by Gasteiger charge is -2.50. The van der Waals surface area contributed by atoms with E-state index >= 15 is 0 Å². The minimum absolute atomic E-state index is 0.0129. The molecule has 0 aliphatic carbocycles. The van der Waals surface area contributed by atoms with Gasteiger partial charge < -0.3 is 10.1 Å². The molecule has 232 valence electrons. The van der Waals surface area contributed by atoms with E-state index in [0.29, 0.717) is 48.5 Å². The van der Waals surface area contributed by atoms with Gasteiger partial charge in [0, 0.05) is 54.6 Å². The van der Waals surface area contributed by atoms with Gasteiger partial charge in [-0.05, 0) is 57.4 Å². The van der Waals surface area contributed by atoms with Gasteiger partial charge in [-0.25, -0.2) is 18.4 Å². The topological polar surface area (TPSA) is 114 Å². The zero-order chi connectivity index (χ0) is 31.2. The summed E-state index contributed by atoms with van der Waals surface area (Å²) in [5.74, 6) is -1.41. The molecule has 1 saturated heterocycles. The SMILES string of the molecule is CCS(=O)(=O)c1ccc(CNC(=O)c2cc3c(s2)C2(CCN([C@@H](C)c4cnc(C(F)(F)F)nc4)CC2)OC(C)(C)C3)nc1. The number of nitrogens with zero attached hydrogens (tertiary/aromatic N) is 4. The fourth-order valence-electron chi connectivity index (χ4n) is 5.76. The average Bonchev–Trinajstić information content (AvgIpc) is 3.40. The number of carbonyl (C=O) groups excluding carboxylic acids is 1. The molecular weight excluding hydrogens is 603 g/mol. The molecule has 1 fully saturated rings. The van der Waals surface area contributed by atoms with E-state index in [1.807, 2.05) is 26.8 Å². The van der Waals surface area contributed by atoms with Crippen LogP contribution in [0.2, 0.25) is 0 Å². The number of sulfone groups is 1. The zero-order valence-corrected chi connectivity index (χ0v) is 26.0. The van der Waals surface area contributed by atoms with Crippen LogP contribution in [0.1, 0.15) is 83.8 Å². The number of likely N-dealkylation sites (tertiary alicyclic amines) is 1. The highest BCUT2D eigenvalue weighted by Gasteiger charge is 2.48. The number of aromatic nitrogens is 3. The third-order valence-electron chi connectivity index (χ3n) is 8.06. The Hall–Kier alpha value is -2.94. The Labute approximate surface area is 252 Å². The van der Waals surface area contributed by atoms with Gasteiger partial charge in [-0.3, -0.25) is 14.7 Å². The number of amides is 1. The van der Waals surface area contributed by atoms with Crippen LogP contribution in [0.15, 0.2) is 41.7 Å². The summed E-state index contributed by atoms with van der Waals surface area (Å²) in [6.07, 6.45) is 1.19. The standard InChI is InChI=1S/C29H34F3N5O4S2/c1-5-43(39,40)22-7-6-21(33-17-22)16-34-25(38)23-12-19-13-27(3,4)41-28(24(19)42-23)8-10-37(11-9-28)18(2)20-14-35-26(36-15-20)29(30,31)32/h6-7,12,14-15,17-18H,5,8-11,13,16H2,1-4H3,(H,34,38)/t18-/m0/s1. The number of nitrogens with one attached hydrogen (secondary N) is 1. The molecule has 5 rings (SSSR count). The smallest absolute Gasteiger partial charge is 0.363 e. The molecule has 1 amide bonds. The van der Waals surface area contributed by atoms with Crippen molar-refractivity contribution in [2.24, 2.45) is 0 Å². The zero-order valence-electron chi connectivity index (χ0n) is 24.4. The number of halogens is 3. The summed E-state index contributed by atoms with van der Waals surface area (Å²) in [5.41, 5.74) is 1.22. The van der Waals surface area contributed by atoms with Crippen molar-refractivity contribution >= 4 is 27.1 Å². The molecule has 9 nitrogen and oxygen atoms in total. The van der Waals surface area contributed by atoms with E-state index in [0.717, 1.165) is 10.4 Å². The molecule has 0 radical (unpaired) electrons. The minimum Gasteiger partial charge on any atom is -0.363 e. The molecule has 2 aliphatic heterocycles. The van der Waals surface area contributed by atoms with Crippen molar-refractivity contribution in [2.45, 2.75) is 81.8 Å². The number of fused-ring (bicyclic) bond motifs is 2. The Bertz CT molecular complexity index is 1580. The molecule has 14 heteroatoms. The molecule has 43 heavy (non-hydrogen) atoms. The maximum Gasteiger partial charge on any atom is 0.451 e. The first-order chi connectivity index (χ1) is 20.1. The number of pyridine rings is 1. The van der Waals surface area contributed by atoms with Crippen LogP contribution in [-0.2, 0) is 39.3 Å². The predicted molar refractivity (Wildman–Crippen MR) is 154 cm³/mol. The lowest BCUT2D eigenvalue weighted by Crippen LogP contribution is -2.51. The minimum atomic E-state index is -4.58. The number of piperidine rings is 1. The number of rotatable bonds is 7. The van der Waals surface area contributed by atoms with E-state index in [-0.39, 0.29) is 29.1 Å². The van der Waals surface area contributed by atoms with Crippen LogP contribution in [0.4, 0.5) is 13.2 Å². The number of alkyl halides is 3. The third kappa shape index (κ3) is 6.61. The van der Waals surface area contributed by atoms with Gasteiger partial charge in [0.1, 0.15) is 5.60 Å². The molecule has 3 aromatic rings. The van der Waals surface area contributed by atoms with Crippen LogP contribution in [-0.4, -0.2) is 58.6 Å². The van der Waals surface area contributed by atoms with E-state index in [2.05, 4.69) is 25.2 Å². The molecule has 3 aromatic heterocycles. The molecule has 1 spiro atoms. The van der Waals surface area contributed by atoms with E-state index in [4.69, 9.17) is 4.74 Å². The fraction of sp³-hybridized carbons (Fsp3) is 0.517. The third-order valence-corrected chi connectivity index (χ3v) is 11.1. The summed E-state index contributed by atoms with van der Waals surface area (Å²) in [6, 6.07) is 4.85. The molecule has 0 saturated carbocycles. The van der Waals surface area contributed by atoms with E-state index in [1.165, 1.54) is 36.0 Å². The molecule has 0 bridgehead atoms. The number of ether oxygens (including phenoxy) is 1. The number of carbonyl (C=O) groups is 1. The Balaban J connectivity index is 1.28. The summed E-state index contributed by atoms with van der Waals surface area (Å²) in [4.78, 5) is 28.3. The van der Waals surface area contributed by atoms with Gasteiger partial charge in [-0.15, -0.1) is 11.3 Å². The van der Waals surface area contributed by atoms with Crippen molar-refractivity contribution in [1.29, 1.82) is 0 Å². The first-order valence-corrected chi connectivity index (χ1v) is 16.5. The number of hydrogen-bond donors (Lipinski definition) is 1. The quantitative estimate of drug-likeness (QED) is 0.382. The highest BCUT2D eigenvalue weighted by atomic mass is 32.2. The van der Waals surface area contributed by atoms with Gasteiger partial charge in [0.15, 0.2) is 9.84 Å². The fourth-order valence-corrected chi connectivity index (χ4v) is 7.87. The monoisotopic (exact) mass is 637 g/mol. The lowest BCUT2D eigenvalue weighted by molar-refractivity contribution is -0.179. The molecule has 1 atom stereocenters. The second kappa shape index (κ2) is 11.5. The average molecular weight is 638 g/mol. The molecule has 0 unspecified atom stereocenters. The molecule has 2 aliphatic rings. The normalized spacial score (nSPS) is 19.1. The van der Waals surface area contributed by atoms with Crippen LogP contribution >= 0.6 is 11.3 Å².